The van der Waals surface area contributed by atoms with E-state index in [1.807, 2.05) is 0 Å². The van der Waals surface area contributed by atoms with Crippen LogP contribution in [0.15, 0.2) is 24.3 Å². The van der Waals surface area contributed by atoms with Gasteiger partial charge >= 0.3 is 0 Å². The summed E-state index contributed by atoms with van der Waals surface area (Å²) in [6, 6.07) is 5.56. The minimum Gasteiger partial charge on any atom is -0.355 e. The van der Waals surface area contributed by atoms with E-state index in [0.29, 0.717) is 12.2 Å². The highest BCUT2D eigenvalue weighted by Gasteiger charge is 2.11. The Bertz CT molecular complexity index is 498. The maximum Gasteiger partial charge on any atom is 0.234 e. The van der Waals surface area contributed by atoms with Crippen LogP contribution in [0, 0.1) is 11.2 Å². The molecule has 0 aromatic heterocycles. The molecule has 1 aromatic rings. The Kier molecular flexibility index (Phi) is 7.38. The Labute approximate surface area is 135 Å². The molecule has 122 valence electrons. The maximum atomic E-state index is 12.7. The monoisotopic (exact) mass is 326 g/mol. The Balaban J connectivity index is 2.16. The van der Waals surface area contributed by atoms with E-state index in [1.54, 1.807) is 0 Å². The van der Waals surface area contributed by atoms with Crippen LogP contribution in [0.1, 0.15) is 27.2 Å². The number of thioether (sulfide) groups is 1. The molecule has 0 saturated heterocycles. The van der Waals surface area contributed by atoms with Gasteiger partial charge in [0.15, 0.2) is 0 Å². The van der Waals surface area contributed by atoms with Gasteiger partial charge in [-0.1, -0.05) is 20.8 Å². The molecular formula is C16H23FN2O2S. The maximum absolute atomic E-state index is 12.7. The third-order valence-corrected chi connectivity index (χ3v) is 3.72. The van der Waals surface area contributed by atoms with E-state index in [9.17, 15) is 14.0 Å². The summed E-state index contributed by atoms with van der Waals surface area (Å²) >= 11 is 1.25. The Morgan fingerprint density at radius 1 is 1.09 bits per heavy atom. The predicted molar refractivity (Wildman–Crippen MR) is 89.4 cm³/mol. The first-order valence-corrected chi connectivity index (χ1v) is 8.31. The summed E-state index contributed by atoms with van der Waals surface area (Å²) in [5, 5.41) is 5.48. The molecule has 22 heavy (non-hydrogen) atoms. The SMILES string of the molecule is CC(C)(C)CCNC(=O)CSCC(=O)Nc1ccc(F)cc1. The third-order valence-electron chi connectivity index (χ3n) is 2.79. The standard InChI is InChI=1S/C16H23FN2O2S/c1-16(2,3)8-9-18-14(20)10-22-11-15(21)19-13-6-4-12(17)5-7-13/h4-7H,8-11H2,1-3H3,(H,18,20)(H,19,21). The zero-order valence-corrected chi connectivity index (χ0v) is 14.1. The van der Waals surface area contributed by atoms with Crippen LogP contribution in [0.3, 0.4) is 0 Å². The summed E-state index contributed by atoms with van der Waals surface area (Å²) in [5.41, 5.74) is 0.733. The molecular weight excluding hydrogens is 303 g/mol. The first-order valence-electron chi connectivity index (χ1n) is 7.16. The van der Waals surface area contributed by atoms with Crippen molar-refractivity contribution < 1.29 is 14.0 Å². The highest BCUT2D eigenvalue weighted by Crippen LogP contribution is 2.17. The summed E-state index contributed by atoms with van der Waals surface area (Å²) in [6.45, 7) is 7.00. The summed E-state index contributed by atoms with van der Waals surface area (Å²) < 4.78 is 12.7. The molecule has 1 rings (SSSR count). The van der Waals surface area contributed by atoms with Gasteiger partial charge in [-0.2, -0.15) is 0 Å². The fourth-order valence-electron chi connectivity index (χ4n) is 1.59. The Hall–Kier alpha value is -1.56. The Morgan fingerprint density at radius 2 is 1.68 bits per heavy atom. The molecule has 2 N–H and O–H groups in total. The molecule has 4 nitrogen and oxygen atoms in total. The highest BCUT2D eigenvalue weighted by molar-refractivity contribution is 8.00. The second kappa shape index (κ2) is 8.78. The van der Waals surface area contributed by atoms with Crippen molar-refractivity contribution in [3.63, 3.8) is 0 Å². The van der Waals surface area contributed by atoms with Crippen molar-refractivity contribution in [1.29, 1.82) is 0 Å². The summed E-state index contributed by atoms with van der Waals surface area (Å²) in [4.78, 5) is 23.3. The molecule has 0 aliphatic rings. The van der Waals surface area contributed by atoms with Crippen LogP contribution in [0.4, 0.5) is 10.1 Å². The van der Waals surface area contributed by atoms with Crippen LogP contribution >= 0.6 is 11.8 Å². The number of nitrogens with one attached hydrogen (secondary N) is 2. The van der Waals surface area contributed by atoms with Gasteiger partial charge < -0.3 is 10.6 Å². The fourth-order valence-corrected chi connectivity index (χ4v) is 2.24. The van der Waals surface area contributed by atoms with Gasteiger partial charge in [-0.3, -0.25) is 9.59 Å². The largest absolute Gasteiger partial charge is 0.355 e. The van der Waals surface area contributed by atoms with Crippen molar-refractivity contribution in [3.05, 3.63) is 30.1 Å². The number of anilines is 1. The second-order valence-electron chi connectivity index (χ2n) is 6.21. The molecule has 0 aliphatic carbocycles. The van der Waals surface area contributed by atoms with Crippen LogP contribution in [0.25, 0.3) is 0 Å². The van der Waals surface area contributed by atoms with E-state index < -0.39 is 0 Å². The van der Waals surface area contributed by atoms with Gasteiger partial charge in [0.05, 0.1) is 11.5 Å². The van der Waals surface area contributed by atoms with Gasteiger partial charge in [-0.15, -0.1) is 11.8 Å². The van der Waals surface area contributed by atoms with E-state index in [1.165, 1.54) is 36.0 Å². The molecule has 0 saturated carbocycles. The number of amides is 2. The Morgan fingerprint density at radius 3 is 2.27 bits per heavy atom. The van der Waals surface area contributed by atoms with Gasteiger partial charge in [-0.05, 0) is 36.1 Å². The molecule has 0 radical (unpaired) electrons. The molecule has 6 heteroatoms. The van der Waals surface area contributed by atoms with Gasteiger partial charge in [0, 0.05) is 12.2 Å². The van der Waals surface area contributed by atoms with E-state index in [4.69, 9.17) is 0 Å². The first kappa shape index (κ1) is 18.5. The molecule has 0 aliphatic heterocycles. The lowest BCUT2D eigenvalue weighted by Gasteiger charge is -2.17. The van der Waals surface area contributed by atoms with Crippen molar-refractivity contribution >= 4 is 29.3 Å². The average molecular weight is 326 g/mol. The van der Waals surface area contributed by atoms with Crippen LogP contribution in [0.2, 0.25) is 0 Å². The molecule has 0 fully saturated rings. The lowest BCUT2D eigenvalue weighted by atomic mass is 9.92. The summed E-state index contributed by atoms with van der Waals surface area (Å²) in [6.07, 6.45) is 0.911. The molecule has 1 aromatic carbocycles. The van der Waals surface area contributed by atoms with E-state index >= 15 is 0 Å². The number of halogens is 1. The smallest absolute Gasteiger partial charge is 0.234 e. The number of benzene rings is 1. The molecule has 0 heterocycles. The quantitative estimate of drug-likeness (QED) is 0.810. The van der Waals surface area contributed by atoms with Crippen LogP contribution in [-0.2, 0) is 9.59 Å². The van der Waals surface area contributed by atoms with Crippen molar-refractivity contribution in [1.82, 2.24) is 5.32 Å². The topological polar surface area (TPSA) is 58.2 Å². The van der Waals surface area contributed by atoms with Crippen LogP contribution in [0.5, 0.6) is 0 Å². The molecule has 0 unspecified atom stereocenters. The summed E-state index contributed by atoms with van der Waals surface area (Å²) in [7, 11) is 0. The molecule has 0 atom stereocenters. The predicted octanol–water partition coefficient (Wildman–Crippen LogP) is 3.05. The zero-order valence-electron chi connectivity index (χ0n) is 13.2. The van der Waals surface area contributed by atoms with Crippen LogP contribution in [-0.4, -0.2) is 29.9 Å². The zero-order chi connectivity index (χ0) is 16.6. The number of hydrogen-bond acceptors (Lipinski definition) is 3. The van der Waals surface area contributed by atoms with Crippen molar-refractivity contribution in [2.45, 2.75) is 27.2 Å². The van der Waals surface area contributed by atoms with Crippen LogP contribution < -0.4 is 10.6 Å². The highest BCUT2D eigenvalue weighted by atomic mass is 32.2. The van der Waals surface area contributed by atoms with Gasteiger partial charge in [0.25, 0.3) is 0 Å². The normalized spacial score (nSPS) is 11.1. The fraction of sp³-hybridized carbons (Fsp3) is 0.500. The van der Waals surface area contributed by atoms with Crippen molar-refractivity contribution in [2.75, 3.05) is 23.4 Å². The number of carbonyl (C=O) groups excluding carboxylic acids is 2. The van der Waals surface area contributed by atoms with Crippen molar-refractivity contribution in [2.24, 2.45) is 5.41 Å². The van der Waals surface area contributed by atoms with Crippen molar-refractivity contribution in [3.8, 4) is 0 Å². The third kappa shape index (κ3) is 8.67. The first-order chi connectivity index (χ1) is 10.3. The van der Waals surface area contributed by atoms with E-state index in [-0.39, 0.29) is 34.6 Å². The number of carbonyl (C=O) groups is 2. The van der Waals surface area contributed by atoms with Gasteiger partial charge in [0.2, 0.25) is 11.8 Å². The molecule has 0 bridgehead atoms. The average Bonchev–Trinajstić information content (AvgIpc) is 2.40. The molecule has 2 amide bonds. The summed E-state index contributed by atoms with van der Waals surface area (Å²) in [5.74, 6) is -0.187. The lowest BCUT2D eigenvalue weighted by molar-refractivity contribution is -0.118. The van der Waals surface area contributed by atoms with E-state index in [2.05, 4.69) is 31.4 Å². The van der Waals surface area contributed by atoms with E-state index in [0.717, 1.165) is 6.42 Å². The van der Waals surface area contributed by atoms with Gasteiger partial charge in [-0.25, -0.2) is 4.39 Å². The minimum atomic E-state index is -0.348. The second-order valence-corrected chi connectivity index (χ2v) is 7.19. The van der Waals surface area contributed by atoms with Gasteiger partial charge in [0.1, 0.15) is 5.82 Å². The number of rotatable bonds is 7. The molecule has 0 spiro atoms. The minimum absolute atomic E-state index is 0.0659. The number of hydrogen-bond donors (Lipinski definition) is 2. The lowest BCUT2D eigenvalue weighted by Crippen LogP contribution is -2.29.